The lowest BCUT2D eigenvalue weighted by Crippen LogP contribution is -2.42. The molecule has 0 bridgehead atoms. The van der Waals surface area contributed by atoms with Gasteiger partial charge in [-0.1, -0.05) is 23.8 Å². The number of anilines is 1. The van der Waals surface area contributed by atoms with Crippen molar-refractivity contribution in [3.63, 3.8) is 0 Å². The molecular formula is C27H33N7O. The van der Waals surface area contributed by atoms with E-state index in [4.69, 9.17) is 15.6 Å². The van der Waals surface area contributed by atoms with Gasteiger partial charge in [0.2, 0.25) is 0 Å². The Balaban J connectivity index is 1.22. The third kappa shape index (κ3) is 4.50. The topological polar surface area (TPSA) is 87.0 Å². The Morgan fingerprint density at radius 1 is 1.09 bits per heavy atom. The van der Waals surface area contributed by atoms with E-state index in [1.54, 1.807) is 7.11 Å². The number of fused-ring (bicyclic) bond motifs is 1. The zero-order chi connectivity index (χ0) is 23.8. The van der Waals surface area contributed by atoms with Crippen molar-refractivity contribution in [3.05, 3.63) is 54.4 Å². The second-order valence-electron chi connectivity index (χ2n) is 10.0. The summed E-state index contributed by atoms with van der Waals surface area (Å²) in [5, 5.41) is 14.7. The van der Waals surface area contributed by atoms with Gasteiger partial charge in [0, 0.05) is 48.4 Å². The molecule has 1 aliphatic heterocycles. The summed E-state index contributed by atoms with van der Waals surface area (Å²) in [7, 11) is 1.70. The molecule has 1 saturated carbocycles. The van der Waals surface area contributed by atoms with Crippen LogP contribution >= 0.6 is 0 Å². The Hall–Kier alpha value is -3.39. The largest absolute Gasteiger partial charge is 0.497 e. The van der Waals surface area contributed by atoms with Gasteiger partial charge in [0.15, 0.2) is 0 Å². The molecular weight excluding hydrogens is 438 g/mol. The number of benzene rings is 2. The van der Waals surface area contributed by atoms with Gasteiger partial charge in [-0.05, 0) is 55.4 Å². The molecule has 2 fully saturated rings. The Kier molecular flexibility index (Phi) is 5.90. The minimum absolute atomic E-state index is 0.269. The van der Waals surface area contributed by atoms with Gasteiger partial charge in [-0.2, -0.15) is 5.10 Å². The predicted molar refractivity (Wildman–Crippen MR) is 138 cm³/mol. The summed E-state index contributed by atoms with van der Waals surface area (Å²) in [6.45, 7) is 3.63. The standard InChI is InChI=1S/C27H33N7O/c1-35-23-12-24(25-14-29-34(27(25)13-23)16-19-4-2-5-19)26-18-33(31-30-26)15-20-7-9-22(10-8-20)32-11-3-6-21(28)17-32/h7-10,12-14,18-19,21H,2-6,11,15-17,28H2,1H3. The molecule has 6 rings (SSSR count). The third-order valence-corrected chi connectivity index (χ3v) is 7.55. The number of hydrogen-bond donors (Lipinski definition) is 1. The van der Waals surface area contributed by atoms with Crippen LogP contribution in [0.2, 0.25) is 0 Å². The van der Waals surface area contributed by atoms with Crippen LogP contribution in [-0.2, 0) is 13.1 Å². The zero-order valence-electron chi connectivity index (χ0n) is 20.3. The number of piperidine rings is 1. The molecule has 8 heteroatoms. The summed E-state index contributed by atoms with van der Waals surface area (Å²) >= 11 is 0. The summed E-state index contributed by atoms with van der Waals surface area (Å²) in [4.78, 5) is 2.38. The molecule has 182 valence electrons. The highest BCUT2D eigenvalue weighted by molar-refractivity contribution is 5.95. The highest BCUT2D eigenvalue weighted by Crippen LogP contribution is 2.34. The Morgan fingerprint density at radius 2 is 1.94 bits per heavy atom. The van der Waals surface area contributed by atoms with Gasteiger partial charge < -0.3 is 15.4 Å². The molecule has 1 aliphatic carbocycles. The van der Waals surface area contributed by atoms with Gasteiger partial charge in [0.25, 0.3) is 0 Å². The van der Waals surface area contributed by atoms with E-state index in [1.165, 1.54) is 30.5 Å². The van der Waals surface area contributed by atoms with Crippen LogP contribution in [0.15, 0.2) is 48.8 Å². The molecule has 4 aromatic rings. The Bertz CT molecular complexity index is 1310. The second-order valence-corrected chi connectivity index (χ2v) is 10.0. The smallest absolute Gasteiger partial charge is 0.121 e. The van der Waals surface area contributed by atoms with Gasteiger partial charge in [-0.25, -0.2) is 4.68 Å². The van der Waals surface area contributed by atoms with Crippen molar-refractivity contribution in [3.8, 4) is 17.0 Å². The lowest BCUT2D eigenvalue weighted by atomic mass is 9.85. The maximum atomic E-state index is 6.16. The van der Waals surface area contributed by atoms with Crippen molar-refractivity contribution in [1.82, 2.24) is 24.8 Å². The van der Waals surface area contributed by atoms with E-state index in [0.717, 1.165) is 66.3 Å². The van der Waals surface area contributed by atoms with Gasteiger partial charge in [0.1, 0.15) is 11.4 Å². The molecule has 3 heterocycles. The highest BCUT2D eigenvalue weighted by atomic mass is 16.5. The van der Waals surface area contributed by atoms with E-state index in [2.05, 4.69) is 50.2 Å². The second kappa shape index (κ2) is 9.34. The fourth-order valence-corrected chi connectivity index (χ4v) is 5.29. The molecule has 2 aromatic carbocycles. The zero-order valence-corrected chi connectivity index (χ0v) is 20.3. The van der Waals surface area contributed by atoms with E-state index >= 15 is 0 Å². The normalized spacial score (nSPS) is 18.7. The Morgan fingerprint density at radius 3 is 2.69 bits per heavy atom. The van der Waals surface area contributed by atoms with Crippen LogP contribution in [0.25, 0.3) is 22.2 Å². The first-order valence-electron chi connectivity index (χ1n) is 12.7. The minimum Gasteiger partial charge on any atom is -0.497 e. The van der Waals surface area contributed by atoms with Crippen LogP contribution < -0.4 is 15.4 Å². The van der Waals surface area contributed by atoms with Gasteiger partial charge in [-0.3, -0.25) is 4.68 Å². The molecule has 35 heavy (non-hydrogen) atoms. The lowest BCUT2D eigenvalue weighted by Gasteiger charge is -2.32. The minimum atomic E-state index is 0.269. The van der Waals surface area contributed by atoms with E-state index < -0.39 is 0 Å². The van der Waals surface area contributed by atoms with Crippen LogP contribution in [0.5, 0.6) is 5.75 Å². The van der Waals surface area contributed by atoms with Crippen LogP contribution in [0.1, 0.15) is 37.7 Å². The van der Waals surface area contributed by atoms with Gasteiger partial charge >= 0.3 is 0 Å². The van der Waals surface area contributed by atoms with Crippen LogP contribution in [0, 0.1) is 5.92 Å². The molecule has 0 spiro atoms. The summed E-state index contributed by atoms with van der Waals surface area (Å²) < 4.78 is 9.63. The van der Waals surface area contributed by atoms with E-state index in [1.807, 2.05) is 23.1 Å². The third-order valence-electron chi connectivity index (χ3n) is 7.55. The quantitative estimate of drug-likeness (QED) is 0.437. The van der Waals surface area contributed by atoms with Crippen LogP contribution in [0.3, 0.4) is 0 Å². The molecule has 8 nitrogen and oxygen atoms in total. The van der Waals surface area contributed by atoms with Crippen molar-refractivity contribution in [1.29, 1.82) is 0 Å². The van der Waals surface area contributed by atoms with Gasteiger partial charge in [0.05, 0.1) is 31.6 Å². The number of rotatable bonds is 7. The Labute approximate surface area is 205 Å². The molecule has 0 amide bonds. The molecule has 2 aromatic heterocycles. The molecule has 0 radical (unpaired) electrons. The van der Waals surface area contributed by atoms with Crippen LogP contribution in [-0.4, -0.2) is 51.0 Å². The SMILES string of the molecule is COc1cc(-c2cn(Cc3ccc(N4CCCC(N)C4)cc3)nn2)c2cnn(CC3CCC3)c2c1. The predicted octanol–water partition coefficient (Wildman–Crippen LogP) is 4.08. The first kappa shape index (κ1) is 22.1. The fourth-order valence-electron chi connectivity index (χ4n) is 5.29. The van der Waals surface area contributed by atoms with Crippen molar-refractivity contribution in [2.24, 2.45) is 11.7 Å². The molecule has 2 N–H and O–H groups in total. The maximum Gasteiger partial charge on any atom is 0.121 e. The number of ether oxygens (including phenoxy) is 1. The summed E-state index contributed by atoms with van der Waals surface area (Å²) in [5.41, 5.74) is 11.5. The van der Waals surface area contributed by atoms with E-state index in [9.17, 15) is 0 Å². The lowest BCUT2D eigenvalue weighted by molar-refractivity contribution is 0.270. The van der Waals surface area contributed by atoms with Crippen molar-refractivity contribution >= 4 is 16.6 Å². The highest BCUT2D eigenvalue weighted by Gasteiger charge is 2.21. The monoisotopic (exact) mass is 471 g/mol. The first-order chi connectivity index (χ1) is 17.2. The summed E-state index contributed by atoms with van der Waals surface area (Å²) in [5.74, 6) is 1.54. The molecule has 2 aliphatic rings. The molecule has 1 saturated heterocycles. The van der Waals surface area contributed by atoms with E-state index in [0.29, 0.717) is 6.54 Å². The van der Waals surface area contributed by atoms with Gasteiger partial charge in [-0.15, -0.1) is 5.10 Å². The fraction of sp³-hybridized carbons (Fsp3) is 0.444. The number of nitrogens with two attached hydrogens (primary N) is 1. The maximum absolute atomic E-state index is 6.16. The van der Waals surface area contributed by atoms with Crippen LogP contribution in [0.4, 0.5) is 5.69 Å². The van der Waals surface area contributed by atoms with Crippen molar-refractivity contribution < 1.29 is 4.74 Å². The number of nitrogens with zero attached hydrogens (tertiary/aromatic N) is 6. The number of hydrogen-bond acceptors (Lipinski definition) is 6. The summed E-state index contributed by atoms with van der Waals surface area (Å²) in [6, 6.07) is 13.1. The molecule has 1 unspecified atom stereocenters. The molecule has 1 atom stereocenters. The average molecular weight is 472 g/mol. The average Bonchev–Trinajstić information content (AvgIpc) is 3.48. The van der Waals surface area contributed by atoms with E-state index in [-0.39, 0.29) is 6.04 Å². The number of aromatic nitrogens is 5. The van der Waals surface area contributed by atoms with Crippen molar-refractivity contribution in [2.45, 2.75) is 51.2 Å². The number of methoxy groups -OCH3 is 1. The van der Waals surface area contributed by atoms with Crippen molar-refractivity contribution in [2.75, 3.05) is 25.1 Å². The first-order valence-corrected chi connectivity index (χ1v) is 12.7. The summed E-state index contributed by atoms with van der Waals surface area (Å²) in [6.07, 6.45) is 10.1.